The summed E-state index contributed by atoms with van der Waals surface area (Å²) in [6.07, 6.45) is 63.6. The van der Waals surface area contributed by atoms with Gasteiger partial charge in [-0.15, -0.1) is 0 Å². The highest BCUT2D eigenvalue weighted by Crippen LogP contribution is 2.28. The van der Waals surface area contributed by atoms with Gasteiger partial charge in [0.15, 0.2) is 0 Å². The van der Waals surface area contributed by atoms with Crippen LogP contribution >= 0.6 is 0 Å². The first-order valence-corrected chi connectivity index (χ1v) is 24.8. The zero-order valence-electron chi connectivity index (χ0n) is 36.7. The smallest absolute Gasteiger partial charge is 0.247 e. The van der Waals surface area contributed by atoms with Gasteiger partial charge in [-0.2, -0.15) is 0 Å². The molecule has 1 heterocycles. The number of hydrogen-bond donors (Lipinski definition) is 1. The minimum atomic E-state index is 0.616. The van der Waals surface area contributed by atoms with Crippen molar-refractivity contribution in [1.82, 2.24) is 4.98 Å². The molecular formula is C50H99N2+. The van der Waals surface area contributed by atoms with Crippen LogP contribution in [0.1, 0.15) is 309 Å². The van der Waals surface area contributed by atoms with Gasteiger partial charge in [-0.3, -0.25) is 0 Å². The van der Waals surface area contributed by atoms with Crippen molar-refractivity contribution in [1.29, 1.82) is 0 Å². The Morgan fingerprint density at radius 3 is 0.904 bits per heavy atom. The highest BCUT2D eigenvalue weighted by Gasteiger charge is 2.25. The SMILES string of the molecule is CCCCCCCCCCCCCCCCCCC(CCCCCCCCCCCCCC)c1[nH]cc[n+]1C(C)CCCCCCCCCCCC. The van der Waals surface area contributed by atoms with E-state index in [9.17, 15) is 0 Å². The van der Waals surface area contributed by atoms with Gasteiger partial charge in [0, 0.05) is 0 Å². The maximum absolute atomic E-state index is 3.79. The molecule has 0 saturated carbocycles. The molecule has 2 atom stereocenters. The molecule has 0 saturated heterocycles. The Morgan fingerprint density at radius 1 is 0.365 bits per heavy atom. The van der Waals surface area contributed by atoms with Crippen LogP contribution in [0.3, 0.4) is 0 Å². The number of aromatic nitrogens is 2. The minimum absolute atomic E-state index is 0.616. The second-order valence-electron chi connectivity index (χ2n) is 17.5. The molecule has 1 N–H and O–H groups in total. The van der Waals surface area contributed by atoms with Gasteiger partial charge in [-0.25, -0.2) is 9.55 Å². The molecule has 52 heavy (non-hydrogen) atoms. The van der Waals surface area contributed by atoms with E-state index in [4.69, 9.17) is 0 Å². The van der Waals surface area contributed by atoms with Crippen molar-refractivity contribution in [3.63, 3.8) is 0 Å². The van der Waals surface area contributed by atoms with E-state index in [0.29, 0.717) is 12.0 Å². The second-order valence-corrected chi connectivity index (χ2v) is 17.5. The number of unbranched alkanes of at least 4 members (excludes halogenated alkanes) is 35. The highest BCUT2D eigenvalue weighted by atomic mass is 15.1. The van der Waals surface area contributed by atoms with E-state index in [0.717, 1.165) is 0 Å². The van der Waals surface area contributed by atoms with E-state index in [1.807, 2.05) is 0 Å². The van der Waals surface area contributed by atoms with Crippen LogP contribution in [0.5, 0.6) is 0 Å². The van der Waals surface area contributed by atoms with Gasteiger partial charge in [0.25, 0.3) is 5.82 Å². The molecule has 1 aromatic heterocycles. The number of hydrogen-bond acceptors (Lipinski definition) is 0. The van der Waals surface area contributed by atoms with Gasteiger partial charge in [0.05, 0.1) is 12.0 Å². The van der Waals surface area contributed by atoms with Crippen LogP contribution in [0, 0.1) is 0 Å². The lowest BCUT2D eigenvalue weighted by atomic mass is 9.92. The summed E-state index contributed by atoms with van der Waals surface area (Å²) >= 11 is 0. The van der Waals surface area contributed by atoms with Gasteiger partial charge in [0.1, 0.15) is 12.4 Å². The monoisotopic (exact) mass is 728 g/mol. The van der Waals surface area contributed by atoms with E-state index >= 15 is 0 Å². The Kier molecular flexibility index (Phi) is 37.8. The molecule has 0 aromatic carbocycles. The Morgan fingerprint density at radius 2 is 0.615 bits per heavy atom. The van der Waals surface area contributed by atoms with Gasteiger partial charge in [0.2, 0.25) is 0 Å². The lowest BCUT2D eigenvalue weighted by molar-refractivity contribution is -0.727. The molecule has 1 rings (SSSR count). The van der Waals surface area contributed by atoms with Gasteiger partial charge in [-0.1, -0.05) is 258 Å². The van der Waals surface area contributed by atoms with Crippen LogP contribution in [0.25, 0.3) is 0 Å². The average Bonchev–Trinajstić information content (AvgIpc) is 3.65. The third-order valence-corrected chi connectivity index (χ3v) is 12.4. The van der Waals surface area contributed by atoms with Crippen molar-refractivity contribution in [3.05, 3.63) is 18.2 Å². The zero-order valence-corrected chi connectivity index (χ0v) is 36.7. The summed E-state index contributed by atoms with van der Waals surface area (Å²) in [6, 6.07) is 0.616. The van der Waals surface area contributed by atoms with Gasteiger partial charge >= 0.3 is 0 Å². The molecule has 0 spiro atoms. The Bertz CT molecular complexity index is 798. The predicted molar refractivity (Wildman–Crippen MR) is 235 cm³/mol. The molecule has 0 bridgehead atoms. The number of rotatable bonds is 43. The maximum atomic E-state index is 3.79. The summed E-state index contributed by atoms with van der Waals surface area (Å²) in [4.78, 5) is 3.79. The van der Waals surface area contributed by atoms with Crippen molar-refractivity contribution in [3.8, 4) is 0 Å². The first-order valence-electron chi connectivity index (χ1n) is 24.8. The zero-order chi connectivity index (χ0) is 37.4. The molecular weight excluding hydrogens is 629 g/mol. The third kappa shape index (κ3) is 30.5. The fourth-order valence-electron chi connectivity index (χ4n) is 8.73. The molecule has 0 aliphatic heterocycles. The van der Waals surface area contributed by atoms with Crippen LogP contribution in [-0.4, -0.2) is 4.98 Å². The first kappa shape index (κ1) is 49.2. The van der Waals surface area contributed by atoms with Crippen molar-refractivity contribution in [2.24, 2.45) is 0 Å². The third-order valence-electron chi connectivity index (χ3n) is 12.4. The van der Waals surface area contributed by atoms with Crippen molar-refractivity contribution >= 4 is 0 Å². The fourth-order valence-corrected chi connectivity index (χ4v) is 8.73. The quantitative estimate of drug-likeness (QED) is 0.0510. The number of nitrogens with one attached hydrogen (secondary N) is 1. The number of aromatic amines is 1. The first-order chi connectivity index (χ1) is 25.7. The lowest BCUT2D eigenvalue weighted by Gasteiger charge is -2.17. The lowest BCUT2D eigenvalue weighted by Crippen LogP contribution is -2.41. The number of nitrogens with zero attached hydrogens (tertiary/aromatic N) is 1. The molecule has 0 fully saturated rings. The van der Waals surface area contributed by atoms with Crippen LogP contribution in [0.15, 0.2) is 12.4 Å². The van der Waals surface area contributed by atoms with Gasteiger partial charge in [-0.05, 0) is 32.6 Å². The maximum Gasteiger partial charge on any atom is 0.257 e. The van der Waals surface area contributed by atoms with E-state index in [2.05, 4.69) is 49.6 Å². The van der Waals surface area contributed by atoms with Crippen LogP contribution < -0.4 is 4.57 Å². The predicted octanol–water partition coefficient (Wildman–Crippen LogP) is 18.0. The average molecular weight is 728 g/mol. The van der Waals surface area contributed by atoms with Crippen molar-refractivity contribution in [2.75, 3.05) is 0 Å². The van der Waals surface area contributed by atoms with Crippen LogP contribution in [0.2, 0.25) is 0 Å². The van der Waals surface area contributed by atoms with Gasteiger partial charge < -0.3 is 0 Å². The molecule has 0 amide bonds. The van der Waals surface area contributed by atoms with Crippen molar-refractivity contribution < 1.29 is 4.57 Å². The van der Waals surface area contributed by atoms with E-state index in [-0.39, 0.29) is 0 Å². The van der Waals surface area contributed by atoms with E-state index < -0.39 is 0 Å². The summed E-state index contributed by atoms with van der Waals surface area (Å²) in [5.41, 5.74) is 0. The Balaban J connectivity index is 2.36. The van der Waals surface area contributed by atoms with Crippen LogP contribution in [0.4, 0.5) is 0 Å². The second kappa shape index (κ2) is 39.9. The molecule has 1 aromatic rings. The molecule has 2 heteroatoms. The Labute approximate surface area is 329 Å². The standard InChI is InChI=1S/C50H98N2/c1-5-8-11-14-17-20-23-25-26-27-28-30-33-36-39-42-45-49(44-41-38-35-32-29-24-21-18-15-12-9-6-2)50-51-46-47-52(50)48(4)43-40-37-34-31-22-19-16-13-10-7-3/h46-49H,5-45H2,1-4H3/p+1. The summed E-state index contributed by atoms with van der Waals surface area (Å²) in [5.74, 6) is 2.25. The summed E-state index contributed by atoms with van der Waals surface area (Å²) in [6.45, 7) is 9.44. The number of H-pyrrole nitrogens is 1. The van der Waals surface area contributed by atoms with E-state index in [1.54, 1.807) is 5.82 Å². The highest BCUT2D eigenvalue weighted by molar-refractivity contribution is 4.90. The fraction of sp³-hybridized carbons (Fsp3) is 0.940. The molecule has 0 radical (unpaired) electrons. The van der Waals surface area contributed by atoms with Crippen molar-refractivity contribution in [2.45, 2.75) is 303 Å². The van der Waals surface area contributed by atoms with E-state index in [1.165, 1.54) is 263 Å². The normalized spacial score (nSPS) is 12.9. The number of imidazole rings is 1. The summed E-state index contributed by atoms with van der Waals surface area (Å²) in [7, 11) is 0. The largest absolute Gasteiger partial charge is 0.257 e. The molecule has 2 unspecified atom stereocenters. The minimum Gasteiger partial charge on any atom is -0.247 e. The summed E-state index contributed by atoms with van der Waals surface area (Å²) < 4.78 is 2.66. The molecule has 0 aliphatic rings. The van der Waals surface area contributed by atoms with Crippen LogP contribution in [-0.2, 0) is 0 Å². The summed E-state index contributed by atoms with van der Waals surface area (Å²) in [5, 5.41) is 0. The Hall–Kier alpha value is -0.790. The topological polar surface area (TPSA) is 19.7 Å². The molecule has 2 nitrogen and oxygen atoms in total. The molecule has 0 aliphatic carbocycles. The molecule has 308 valence electrons.